The first-order chi connectivity index (χ1) is 8.66. The number of anilines is 2. The van der Waals surface area contributed by atoms with E-state index in [1.165, 1.54) is 6.07 Å². The zero-order valence-electron chi connectivity index (χ0n) is 12.0. The number of nitrogens with two attached hydrogens (primary N) is 2. The van der Waals surface area contributed by atoms with Crippen LogP contribution in [0.1, 0.15) is 25.8 Å². The summed E-state index contributed by atoms with van der Waals surface area (Å²) in [5.74, 6) is 0.517. The number of hydrogen-bond acceptors (Lipinski definition) is 4. The Bertz CT molecular complexity index is 555. The normalized spacial score (nSPS) is 13.3. The molecule has 19 heavy (non-hydrogen) atoms. The lowest BCUT2D eigenvalue weighted by Gasteiger charge is -2.25. The van der Waals surface area contributed by atoms with Gasteiger partial charge in [0.15, 0.2) is 0 Å². The Morgan fingerprint density at radius 1 is 1.37 bits per heavy atom. The summed E-state index contributed by atoms with van der Waals surface area (Å²) in [4.78, 5) is 2.12. The van der Waals surface area contributed by atoms with E-state index < -0.39 is 10.0 Å². The summed E-state index contributed by atoms with van der Waals surface area (Å²) < 4.78 is 23.1. The van der Waals surface area contributed by atoms with E-state index in [2.05, 4.69) is 13.8 Å². The van der Waals surface area contributed by atoms with E-state index in [-0.39, 0.29) is 4.90 Å². The van der Waals surface area contributed by atoms with Crippen LogP contribution in [-0.4, -0.2) is 22.0 Å². The van der Waals surface area contributed by atoms with Crippen LogP contribution < -0.4 is 15.8 Å². The van der Waals surface area contributed by atoms with E-state index in [1.54, 1.807) is 13.0 Å². The molecule has 0 fully saturated rings. The first-order valence-electron chi connectivity index (χ1n) is 6.30. The Kier molecular flexibility index (Phi) is 4.81. The van der Waals surface area contributed by atoms with Crippen molar-refractivity contribution in [2.24, 2.45) is 11.1 Å². The lowest BCUT2D eigenvalue weighted by atomic mass is 10.1. The summed E-state index contributed by atoms with van der Waals surface area (Å²) >= 11 is 0. The smallest absolute Gasteiger partial charge is 0.238 e. The fourth-order valence-electron chi connectivity index (χ4n) is 2.08. The maximum atomic E-state index is 11.6. The first-order valence-corrected chi connectivity index (χ1v) is 7.85. The van der Waals surface area contributed by atoms with Gasteiger partial charge in [0.1, 0.15) is 0 Å². The van der Waals surface area contributed by atoms with E-state index in [0.29, 0.717) is 17.2 Å². The van der Waals surface area contributed by atoms with Crippen molar-refractivity contribution in [3.8, 4) is 0 Å². The molecule has 0 amide bonds. The second kappa shape index (κ2) is 5.79. The van der Waals surface area contributed by atoms with E-state index in [0.717, 1.165) is 18.7 Å². The molecular weight excluding hydrogens is 262 g/mol. The average molecular weight is 285 g/mol. The highest BCUT2D eigenvalue weighted by molar-refractivity contribution is 7.89. The minimum Gasteiger partial charge on any atom is -0.399 e. The van der Waals surface area contributed by atoms with Crippen molar-refractivity contribution in [2.75, 3.05) is 24.2 Å². The van der Waals surface area contributed by atoms with Gasteiger partial charge in [-0.05, 0) is 30.5 Å². The van der Waals surface area contributed by atoms with Crippen molar-refractivity contribution in [2.45, 2.75) is 32.1 Å². The van der Waals surface area contributed by atoms with Gasteiger partial charge in [-0.15, -0.1) is 0 Å². The van der Waals surface area contributed by atoms with E-state index in [4.69, 9.17) is 10.9 Å². The second-order valence-corrected chi connectivity index (χ2v) is 6.63. The predicted octanol–water partition coefficient (Wildman–Crippen LogP) is 1.71. The topological polar surface area (TPSA) is 89.4 Å². The Hall–Kier alpha value is -1.27. The predicted molar refractivity (Wildman–Crippen MR) is 79.7 cm³/mol. The number of benzene rings is 1. The molecule has 0 spiro atoms. The molecule has 108 valence electrons. The molecule has 1 unspecified atom stereocenters. The molecule has 4 N–H and O–H groups in total. The first kappa shape index (κ1) is 15.8. The number of nitrogen functional groups attached to an aromatic ring is 1. The summed E-state index contributed by atoms with van der Waals surface area (Å²) in [6.07, 6.45) is 1.06. The summed E-state index contributed by atoms with van der Waals surface area (Å²) in [5, 5.41) is 5.22. The number of sulfonamides is 1. The lowest BCUT2D eigenvalue weighted by Crippen LogP contribution is -2.25. The van der Waals surface area contributed by atoms with Crippen LogP contribution >= 0.6 is 0 Å². The molecule has 0 aliphatic carbocycles. The van der Waals surface area contributed by atoms with Gasteiger partial charge in [-0.2, -0.15) is 0 Å². The molecule has 0 aromatic heterocycles. The molecular formula is C13H23N3O2S. The molecule has 1 atom stereocenters. The van der Waals surface area contributed by atoms with E-state index in [9.17, 15) is 8.42 Å². The third-order valence-electron chi connectivity index (χ3n) is 3.36. The summed E-state index contributed by atoms with van der Waals surface area (Å²) in [5.41, 5.74) is 7.63. The van der Waals surface area contributed by atoms with Crippen molar-refractivity contribution < 1.29 is 8.42 Å². The van der Waals surface area contributed by atoms with Gasteiger partial charge in [-0.1, -0.05) is 20.3 Å². The Morgan fingerprint density at radius 3 is 2.42 bits per heavy atom. The van der Waals surface area contributed by atoms with Gasteiger partial charge in [-0.3, -0.25) is 0 Å². The quantitative estimate of drug-likeness (QED) is 0.806. The van der Waals surface area contributed by atoms with Crippen molar-refractivity contribution in [3.63, 3.8) is 0 Å². The van der Waals surface area contributed by atoms with Crippen LogP contribution in [0.2, 0.25) is 0 Å². The highest BCUT2D eigenvalue weighted by Gasteiger charge is 2.18. The molecule has 1 aromatic carbocycles. The second-order valence-electron chi connectivity index (χ2n) is 5.10. The van der Waals surface area contributed by atoms with Crippen molar-refractivity contribution in [3.05, 3.63) is 17.7 Å². The van der Waals surface area contributed by atoms with Crippen LogP contribution in [0.15, 0.2) is 17.0 Å². The minimum absolute atomic E-state index is 0.0958. The number of primary sulfonamides is 1. The molecule has 0 aliphatic heterocycles. The maximum absolute atomic E-state index is 11.6. The van der Waals surface area contributed by atoms with Gasteiger partial charge in [0, 0.05) is 25.0 Å². The zero-order chi connectivity index (χ0) is 14.8. The van der Waals surface area contributed by atoms with E-state index >= 15 is 0 Å². The summed E-state index contributed by atoms with van der Waals surface area (Å²) in [6, 6.07) is 3.19. The van der Waals surface area contributed by atoms with Crippen LogP contribution in [0, 0.1) is 12.8 Å². The molecule has 5 nitrogen and oxygen atoms in total. The van der Waals surface area contributed by atoms with Crippen LogP contribution in [0.4, 0.5) is 11.4 Å². The minimum atomic E-state index is -3.75. The fourth-order valence-corrected chi connectivity index (χ4v) is 2.91. The highest BCUT2D eigenvalue weighted by Crippen LogP contribution is 2.29. The van der Waals surface area contributed by atoms with Gasteiger partial charge < -0.3 is 10.6 Å². The van der Waals surface area contributed by atoms with Crippen LogP contribution in [0.5, 0.6) is 0 Å². The standard InChI is InChI=1S/C13H23N3O2S/c1-5-9(2)8-16(4)12-6-11(14)7-13(10(12)3)19(15,17)18/h6-7,9H,5,8,14H2,1-4H3,(H2,15,17,18). The molecule has 6 heteroatoms. The zero-order valence-corrected chi connectivity index (χ0v) is 12.8. The van der Waals surface area contributed by atoms with Crippen molar-refractivity contribution in [1.29, 1.82) is 0 Å². The van der Waals surface area contributed by atoms with Gasteiger partial charge in [0.25, 0.3) is 0 Å². The van der Waals surface area contributed by atoms with Crippen LogP contribution in [-0.2, 0) is 10.0 Å². The maximum Gasteiger partial charge on any atom is 0.238 e. The van der Waals surface area contributed by atoms with Gasteiger partial charge in [0.05, 0.1) is 4.90 Å². The third-order valence-corrected chi connectivity index (χ3v) is 4.39. The lowest BCUT2D eigenvalue weighted by molar-refractivity contribution is 0.559. The SMILES string of the molecule is CCC(C)CN(C)c1cc(N)cc(S(N)(=O)=O)c1C. The summed E-state index contributed by atoms with van der Waals surface area (Å²) in [7, 11) is -1.82. The fraction of sp³-hybridized carbons (Fsp3) is 0.538. The van der Waals surface area contributed by atoms with Crippen molar-refractivity contribution in [1.82, 2.24) is 0 Å². The van der Waals surface area contributed by atoms with Crippen molar-refractivity contribution >= 4 is 21.4 Å². The molecule has 0 radical (unpaired) electrons. The Labute approximate surface area is 115 Å². The number of hydrogen-bond donors (Lipinski definition) is 2. The van der Waals surface area contributed by atoms with Crippen LogP contribution in [0.3, 0.4) is 0 Å². The molecule has 1 aromatic rings. The molecule has 0 saturated carbocycles. The molecule has 0 heterocycles. The Morgan fingerprint density at radius 2 is 1.95 bits per heavy atom. The highest BCUT2D eigenvalue weighted by atomic mass is 32.2. The largest absolute Gasteiger partial charge is 0.399 e. The van der Waals surface area contributed by atoms with Gasteiger partial charge in [-0.25, -0.2) is 13.6 Å². The van der Waals surface area contributed by atoms with Gasteiger partial charge in [0.2, 0.25) is 10.0 Å². The number of rotatable bonds is 5. The molecule has 1 rings (SSSR count). The summed E-state index contributed by atoms with van der Waals surface area (Å²) in [6.45, 7) is 6.87. The molecule has 0 bridgehead atoms. The van der Waals surface area contributed by atoms with Gasteiger partial charge >= 0.3 is 0 Å². The molecule has 0 aliphatic rings. The average Bonchev–Trinajstić information content (AvgIpc) is 2.29. The molecule has 0 saturated heterocycles. The number of nitrogens with zero attached hydrogens (tertiary/aromatic N) is 1. The monoisotopic (exact) mass is 285 g/mol. The Balaban J connectivity index is 3.26. The van der Waals surface area contributed by atoms with Crippen LogP contribution in [0.25, 0.3) is 0 Å². The third kappa shape index (κ3) is 3.84. The van der Waals surface area contributed by atoms with E-state index in [1.807, 2.05) is 11.9 Å².